The Morgan fingerprint density at radius 2 is 2.16 bits per heavy atom. The van der Waals surface area contributed by atoms with Gasteiger partial charge in [-0.2, -0.15) is 0 Å². The first-order valence-electron chi connectivity index (χ1n) is 6.46. The van der Waals surface area contributed by atoms with Crippen LogP contribution >= 0.6 is 23.8 Å². The number of nitrogens with two attached hydrogens (primary N) is 1. The maximum Gasteiger partial charge on any atom is 0.106 e. The quantitative estimate of drug-likeness (QED) is 0.868. The molecule has 1 aliphatic heterocycles. The Bertz CT molecular complexity index is 461. The first-order chi connectivity index (χ1) is 9.08. The molecule has 2 N–H and O–H groups in total. The van der Waals surface area contributed by atoms with Crippen molar-refractivity contribution < 1.29 is 4.74 Å². The molecule has 0 bridgehead atoms. The maximum atomic E-state index is 6.08. The lowest BCUT2D eigenvalue weighted by atomic mass is 9.99. The zero-order chi connectivity index (χ0) is 13.8. The van der Waals surface area contributed by atoms with E-state index >= 15 is 0 Å². The molecule has 2 rings (SSSR count). The Hall–Kier alpha value is -0.840. The van der Waals surface area contributed by atoms with Crippen LogP contribution in [0.3, 0.4) is 0 Å². The monoisotopic (exact) mass is 298 g/mol. The minimum absolute atomic E-state index is 0.408. The van der Waals surface area contributed by atoms with Gasteiger partial charge in [-0.15, -0.1) is 0 Å². The molecule has 0 saturated carbocycles. The Labute approximate surface area is 124 Å². The zero-order valence-corrected chi connectivity index (χ0v) is 12.6. The highest BCUT2D eigenvalue weighted by Gasteiger charge is 2.18. The van der Waals surface area contributed by atoms with Crippen molar-refractivity contribution in [3.63, 3.8) is 0 Å². The fourth-order valence-corrected chi connectivity index (χ4v) is 2.78. The highest BCUT2D eigenvalue weighted by molar-refractivity contribution is 7.80. The molecular weight excluding hydrogens is 280 g/mol. The van der Waals surface area contributed by atoms with E-state index in [2.05, 4.69) is 11.9 Å². The van der Waals surface area contributed by atoms with Crippen LogP contribution in [-0.4, -0.2) is 31.8 Å². The van der Waals surface area contributed by atoms with Gasteiger partial charge in [-0.1, -0.05) is 23.8 Å². The van der Waals surface area contributed by atoms with Gasteiger partial charge >= 0.3 is 0 Å². The van der Waals surface area contributed by atoms with E-state index in [1.54, 1.807) is 0 Å². The summed E-state index contributed by atoms with van der Waals surface area (Å²) in [7, 11) is 2.06. The summed E-state index contributed by atoms with van der Waals surface area (Å²) in [6, 6.07) is 5.64. The van der Waals surface area contributed by atoms with E-state index in [0.717, 1.165) is 43.9 Å². The number of hydrogen-bond acceptors (Lipinski definition) is 3. The van der Waals surface area contributed by atoms with Gasteiger partial charge in [0.2, 0.25) is 0 Å². The van der Waals surface area contributed by atoms with Gasteiger partial charge in [0.1, 0.15) is 4.99 Å². The molecule has 0 unspecified atom stereocenters. The third-order valence-corrected chi connectivity index (χ3v) is 3.96. The van der Waals surface area contributed by atoms with Crippen LogP contribution in [-0.2, 0) is 4.74 Å². The van der Waals surface area contributed by atoms with Crippen LogP contribution in [0.15, 0.2) is 18.2 Å². The predicted octanol–water partition coefficient (Wildman–Crippen LogP) is 2.84. The van der Waals surface area contributed by atoms with Crippen LogP contribution < -0.4 is 10.6 Å². The molecule has 0 aromatic heterocycles. The lowest BCUT2D eigenvalue weighted by molar-refractivity contribution is 0.0685. The number of thiocarbonyl (C=S) groups is 1. The summed E-state index contributed by atoms with van der Waals surface area (Å²) in [5.41, 5.74) is 7.67. The standard InChI is InChI=1S/C14H19ClN2OS/c1-17(9-10-4-6-18-7-5-10)13-8-11(15)2-3-12(13)14(16)19/h2-3,8,10H,4-7,9H2,1H3,(H2,16,19). The highest BCUT2D eigenvalue weighted by atomic mass is 35.5. The molecule has 0 aliphatic carbocycles. The van der Waals surface area contributed by atoms with Crippen molar-refractivity contribution in [2.75, 3.05) is 31.7 Å². The van der Waals surface area contributed by atoms with Crippen LogP contribution in [0.1, 0.15) is 18.4 Å². The molecular formula is C14H19ClN2OS. The van der Waals surface area contributed by atoms with Gasteiger partial charge in [0.25, 0.3) is 0 Å². The summed E-state index contributed by atoms with van der Waals surface area (Å²) in [6.07, 6.45) is 2.21. The molecule has 3 nitrogen and oxygen atoms in total. The summed E-state index contributed by atoms with van der Waals surface area (Å²) >= 11 is 11.2. The van der Waals surface area contributed by atoms with Crippen molar-refractivity contribution in [1.82, 2.24) is 0 Å². The number of nitrogens with zero attached hydrogens (tertiary/aromatic N) is 1. The molecule has 0 spiro atoms. The highest BCUT2D eigenvalue weighted by Crippen LogP contribution is 2.26. The summed E-state index contributed by atoms with van der Waals surface area (Å²) < 4.78 is 5.39. The van der Waals surface area contributed by atoms with E-state index in [-0.39, 0.29) is 0 Å². The molecule has 1 fully saturated rings. The molecule has 5 heteroatoms. The maximum absolute atomic E-state index is 6.08. The van der Waals surface area contributed by atoms with Gasteiger partial charge < -0.3 is 15.4 Å². The van der Waals surface area contributed by atoms with Crippen molar-refractivity contribution in [2.24, 2.45) is 11.7 Å². The van der Waals surface area contributed by atoms with E-state index in [0.29, 0.717) is 15.9 Å². The molecule has 1 aromatic carbocycles. The topological polar surface area (TPSA) is 38.5 Å². The summed E-state index contributed by atoms with van der Waals surface area (Å²) in [6.45, 7) is 2.69. The molecule has 1 saturated heterocycles. The summed E-state index contributed by atoms with van der Waals surface area (Å²) in [4.78, 5) is 2.60. The van der Waals surface area contributed by atoms with Gasteiger partial charge in [-0.25, -0.2) is 0 Å². The van der Waals surface area contributed by atoms with E-state index in [1.807, 2.05) is 18.2 Å². The Balaban J connectivity index is 2.14. The van der Waals surface area contributed by atoms with Crippen LogP contribution in [0, 0.1) is 5.92 Å². The van der Waals surface area contributed by atoms with Crippen molar-refractivity contribution in [3.05, 3.63) is 28.8 Å². The van der Waals surface area contributed by atoms with Crippen molar-refractivity contribution in [3.8, 4) is 0 Å². The van der Waals surface area contributed by atoms with Gasteiger partial charge in [0, 0.05) is 43.1 Å². The van der Waals surface area contributed by atoms with Crippen LogP contribution in [0.5, 0.6) is 0 Å². The van der Waals surface area contributed by atoms with Crippen LogP contribution in [0.2, 0.25) is 5.02 Å². The Kier molecular flexibility index (Phi) is 5.02. The average molecular weight is 299 g/mol. The van der Waals surface area contributed by atoms with E-state index in [1.165, 1.54) is 0 Å². The third kappa shape index (κ3) is 3.81. The van der Waals surface area contributed by atoms with Crippen molar-refractivity contribution in [1.29, 1.82) is 0 Å². The smallest absolute Gasteiger partial charge is 0.106 e. The molecule has 19 heavy (non-hydrogen) atoms. The number of anilines is 1. The molecule has 0 atom stereocenters. The van der Waals surface area contributed by atoms with Crippen LogP contribution in [0.25, 0.3) is 0 Å². The molecule has 1 aliphatic rings. The van der Waals surface area contributed by atoms with Gasteiger partial charge in [-0.3, -0.25) is 0 Å². The van der Waals surface area contributed by atoms with E-state index < -0.39 is 0 Å². The molecule has 1 heterocycles. The molecule has 1 aromatic rings. The first-order valence-corrected chi connectivity index (χ1v) is 7.25. The summed E-state index contributed by atoms with van der Waals surface area (Å²) in [5.74, 6) is 0.650. The van der Waals surface area contributed by atoms with Gasteiger partial charge in [0.05, 0.1) is 0 Å². The van der Waals surface area contributed by atoms with Gasteiger partial charge in [-0.05, 0) is 37.0 Å². The predicted molar refractivity (Wildman–Crippen MR) is 84.2 cm³/mol. The largest absolute Gasteiger partial charge is 0.389 e. The second-order valence-corrected chi connectivity index (χ2v) is 5.84. The number of halogens is 1. The zero-order valence-electron chi connectivity index (χ0n) is 11.1. The SMILES string of the molecule is CN(CC1CCOCC1)c1cc(Cl)ccc1C(N)=S. The van der Waals surface area contributed by atoms with Crippen molar-refractivity contribution >= 4 is 34.5 Å². The fraction of sp³-hybridized carbons (Fsp3) is 0.500. The second-order valence-electron chi connectivity index (χ2n) is 4.96. The van der Waals surface area contributed by atoms with Crippen LogP contribution in [0.4, 0.5) is 5.69 Å². The molecule has 0 amide bonds. The number of ether oxygens (including phenoxy) is 1. The first kappa shape index (κ1) is 14.6. The lowest BCUT2D eigenvalue weighted by Crippen LogP contribution is -2.31. The third-order valence-electron chi connectivity index (χ3n) is 3.51. The number of hydrogen-bond donors (Lipinski definition) is 1. The van der Waals surface area contributed by atoms with E-state index in [9.17, 15) is 0 Å². The molecule has 104 valence electrons. The Morgan fingerprint density at radius 3 is 2.79 bits per heavy atom. The minimum Gasteiger partial charge on any atom is -0.389 e. The molecule has 0 radical (unpaired) electrons. The lowest BCUT2D eigenvalue weighted by Gasteiger charge is -2.29. The Morgan fingerprint density at radius 1 is 1.47 bits per heavy atom. The summed E-state index contributed by atoms with van der Waals surface area (Å²) in [5, 5.41) is 0.703. The fourth-order valence-electron chi connectivity index (χ4n) is 2.44. The number of rotatable bonds is 4. The normalized spacial score (nSPS) is 16.3. The van der Waals surface area contributed by atoms with Gasteiger partial charge in [0.15, 0.2) is 0 Å². The van der Waals surface area contributed by atoms with E-state index in [4.69, 9.17) is 34.3 Å². The van der Waals surface area contributed by atoms with Crippen molar-refractivity contribution in [2.45, 2.75) is 12.8 Å². The second kappa shape index (κ2) is 6.55. The average Bonchev–Trinajstić information content (AvgIpc) is 2.39. The number of benzene rings is 1. The minimum atomic E-state index is 0.408.